The number of halogens is 1. The zero-order chi connectivity index (χ0) is 14.3. The van der Waals surface area contributed by atoms with E-state index in [2.05, 4.69) is 5.32 Å². The molecule has 1 atom stereocenters. The van der Waals surface area contributed by atoms with Crippen molar-refractivity contribution in [3.8, 4) is 0 Å². The lowest BCUT2D eigenvalue weighted by Gasteiger charge is -2.28. The first-order valence-electron chi connectivity index (χ1n) is 6.08. The van der Waals surface area contributed by atoms with Crippen molar-refractivity contribution in [1.82, 2.24) is 5.32 Å². The van der Waals surface area contributed by atoms with Crippen LogP contribution in [-0.2, 0) is 20.7 Å². The molecule has 5 heteroatoms. The normalized spacial score (nSPS) is 13.9. The highest BCUT2D eigenvalue weighted by molar-refractivity contribution is 5.80. The molecule has 1 N–H and O–H groups in total. The summed E-state index contributed by atoms with van der Waals surface area (Å²) >= 11 is 0. The van der Waals surface area contributed by atoms with E-state index in [0.29, 0.717) is 19.6 Å². The van der Waals surface area contributed by atoms with Crippen molar-refractivity contribution in [2.75, 3.05) is 27.4 Å². The van der Waals surface area contributed by atoms with Gasteiger partial charge in [-0.1, -0.05) is 12.1 Å². The van der Waals surface area contributed by atoms with E-state index in [-0.39, 0.29) is 11.8 Å². The summed E-state index contributed by atoms with van der Waals surface area (Å²) in [7, 11) is 2.94. The van der Waals surface area contributed by atoms with Gasteiger partial charge in [0.25, 0.3) is 0 Å². The van der Waals surface area contributed by atoms with Crippen molar-refractivity contribution in [2.24, 2.45) is 0 Å². The molecule has 1 unspecified atom stereocenters. The summed E-state index contributed by atoms with van der Waals surface area (Å²) in [6.45, 7) is 2.79. The number of esters is 1. The van der Waals surface area contributed by atoms with Crippen LogP contribution in [0.4, 0.5) is 4.39 Å². The molecule has 0 heterocycles. The Morgan fingerprint density at radius 1 is 1.32 bits per heavy atom. The molecule has 0 amide bonds. The van der Waals surface area contributed by atoms with E-state index in [1.807, 2.05) is 0 Å². The molecule has 1 aromatic carbocycles. The average Bonchev–Trinajstić information content (AvgIpc) is 2.41. The average molecular weight is 269 g/mol. The summed E-state index contributed by atoms with van der Waals surface area (Å²) in [6.07, 6.45) is 0.420. The van der Waals surface area contributed by atoms with E-state index < -0.39 is 5.54 Å². The minimum atomic E-state index is -0.856. The number of carbonyl (C=O) groups is 1. The van der Waals surface area contributed by atoms with Crippen molar-refractivity contribution < 1.29 is 18.7 Å². The highest BCUT2D eigenvalue weighted by Gasteiger charge is 2.33. The van der Waals surface area contributed by atoms with E-state index in [1.165, 1.54) is 19.2 Å². The van der Waals surface area contributed by atoms with Gasteiger partial charge >= 0.3 is 5.97 Å². The summed E-state index contributed by atoms with van der Waals surface area (Å²) in [4.78, 5) is 11.9. The van der Waals surface area contributed by atoms with Crippen LogP contribution in [-0.4, -0.2) is 38.9 Å². The van der Waals surface area contributed by atoms with Crippen LogP contribution in [0.5, 0.6) is 0 Å². The molecule has 0 saturated carbocycles. The van der Waals surface area contributed by atoms with Crippen LogP contribution in [0.15, 0.2) is 24.3 Å². The number of methoxy groups -OCH3 is 2. The van der Waals surface area contributed by atoms with Crippen molar-refractivity contribution in [2.45, 2.75) is 18.9 Å². The highest BCUT2D eigenvalue weighted by atomic mass is 19.1. The smallest absolute Gasteiger partial charge is 0.326 e. The summed E-state index contributed by atoms with van der Waals surface area (Å²) in [6, 6.07) is 6.08. The fourth-order valence-corrected chi connectivity index (χ4v) is 1.87. The van der Waals surface area contributed by atoms with Crippen LogP contribution in [0, 0.1) is 5.82 Å². The molecule has 0 spiro atoms. The van der Waals surface area contributed by atoms with Crippen molar-refractivity contribution >= 4 is 5.97 Å². The monoisotopic (exact) mass is 269 g/mol. The van der Waals surface area contributed by atoms with Gasteiger partial charge in [0, 0.05) is 20.1 Å². The van der Waals surface area contributed by atoms with Gasteiger partial charge in [0.05, 0.1) is 13.7 Å². The molecule has 1 rings (SSSR count). The van der Waals surface area contributed by atoms with Crippen molar-refractivity contribution in [3.63, 3.8) is 0 Å². The molecule has 4 nitrogen and oxygen atoms in total. The van der Waals surface area contributed by atoms with Gasteiger partial charge in [-0.2, -0.15) is 0 Å². The SMILES string of the molecule is COCCNC(C)(Cc1ccc(F)cc1)C(=O)OC. The largest absolute Gasteiger partial charge is 0.468 e. The van der Waals surface area contributed by atoms with E-state index >= 15 is 0 Å². The van der Waals surface area contributed by atoms with Crippen molar-refractivity contribution in [3.05, 3.63) is 35.6 Å². The Balaban J connectivity index is 2.78. The van der Waals surface area contributed by atoms with E-state index in [9.17, 15) is 9.18 Å². The molecular weight excluding hydrogens is 249 g/mol. The Kier molecular flexibility index (Phi) is 5.92. The number of rotatable bonds is 7. The number of nitrogens with one attached hydrogen (secondary N) is 1. The maximum Gasteiger partial charge on any atom is 0.326 e. The topological polar surface area (TPSA) is 47.6 Å². The lowest BCUT2D eigenvalue weighted by molar-refractivity contribution is -0.148. The molecule has 1 aromatic rings. The molecule has 0 fully saturated rings. The first-order chi connectivity index (χ1) is 9.01. The third-order valence-corrected chi connectivity index (χ3v) is 2.93. The maximum absolute atomic E-state index is 12.9. The molecule has 0 aliphatic carbocycles. The fraction of sp³-hybridized carbons (Fsp3) is 0.500. The van der Waals surface area contributed by atoms with Gasteiger partial charge in [-0.05, 0) is 24.6 Å². The minimum absolute atomic E-state index is 0.295. The van der Waals surface area contributed by atoms with Crippen LogP contribution in [0.2, 0.25) is 0 Å². The second-order valence-electron chi connectivity index (χ2n) is 4.55. The van der Waals surface area contributed by atoms with E-state index in [0.717, 1.165) is 5.56 Å². The Labute approximate surface area is 112 Å². The van der Waals surface area contributed by atoms with Gasteiger partial charge in [-0.25, -0.2) is 4.39 Å². The van der Waals surface area contributed by atoms with Crippen LogP contribution in [0.25, 0.3) is 0 Å². The van der Waals surface area contributed by atoms with Gasteiger partial charge in [0.15, 0.2) is 0 Å². The number of benzene rings is 1. The fourth-order valence-electron chi connectivity index (χ4n) is 1.87. The quantitative estimate of drug-likeness (QED) is 0.602. The van der Waals surface area contributed by atoms with Crippen LogP contribution >= 0.6 is 0 Å². The lowest BCUT2D eigenvalue weighted by atomic mass is 9.92. The highest BCUT2D eigenvalue weighted by Crippen LogP contribution is 2.15. The number of ether oxygens (including phenoxy) is 2. The van der Waals surface area contributed by atoms with E-state index in [4.69, 9.17) is 9.47 Å². The molecule has 19 heavy (non-hydrogen) atoms. The van der Waals surface area contributed by atoms with Gasteiger partial charge in [0.1, 0.15) is 11.4 Å². The van der Waals surface area contributed by atoms with Crippen LogP contribution in [0.3, 0.4) is 0 Å². The van der Waals surface area contributed by atoms with Gasteiger partial charge < -0.3 is 9.47 Å². The summed E-state index contributed by atoms with van der Waals surface area (Å²) in [5, 5.41) is 3.12. The molecule has 0 aromatic heterocycles. The predicted molar refractivity (Wildman–Crippen MR) is 70.4 cm³/mol. The molecule has 0 saturated heterocycles. The molecular formula is C14H20FNO3. The van der Waals surface area contributed by atoms with Gasteiger partial charge in [-0.3, -0.25) is 10.1 Å². The summed E-state index contributed by atoms with van der Waals surface area (Å²) < 4.78 is 22.6. The van der Waals surface area contributed by atoms with Gasteiger partial charge in [-0.15, -0.1) is 0 Å². The zero-order valence-corrected chi connectivity index (χ0v) is 11.5. The lowest BCUT2D eigenvalue weighted by Crippen LogP contribution is -2.52. The van der Waals surface area contributed by atoms with E-state index in [1.54, 1.807) is 26.2 Å². The molecule has 0 aliphatic heterocycles. The molecule has 0 bridgehead atoms. The van der Waals surface area contributed by atoms with Crippen LogP contribution in [0.1, 0.15) is 12.5 Å². The summed E-state index contributed by atoms with van der Waals surface area (Å²) in [5.41, 5.74) is 0.00434. The third-order valence-electron chi connectivity index (χ3n) is 2.93. The molecule has 0 aliphatic rings. The Morgan fingerprint density at radius 2 is 1.95 bits per heavy atom. The predicted octanol–water partition coefficient (Wildman–Crippen LogP) is 1.54. The first kappa shape index (κ1) is 15.6. The third kappa shape index (κ3) is 4.61. The first-order valence-corrected chi connectivity index (χ1v) is 6.08. The van der Waals surface area contributed by atoms with Crippen molar-refractivity contribution in [1.29, 1.82) is 0 Å². The summed E-state index contributed by atoms with van der Waals surface area (Å²) in [5.74, 6) is -0.649. The zero-order valence-electron chi connectivity index (χ0n) is 11.5. The standard InChI is InChI=1S/C14H20FNO3/c1-14(13(17)19-3,16-8-9-18-2)10-11-4-6-12(15)7-5-11/h4-7,16H,8-10H2,1-3H3. The Bertz CT molecular complexity index is 408. The molecule has 0 radical (unpaired) electrons. The molecule has 106 valence electrons. The second kappa shape index (κ2) is 7.21. The number of carbonyl (C=O) groups excluding carboxylic acids is 1. The second-order valence-corrected chi connectivity index (χ2v) is 4.55. The minimum Gasteiger partial charge on any atom is -0.468 e. The Hall–Kier alpha value is -1.46. The van der Waals surface area contributed by atoms with Crippen LogP contribution < -0.4 is 5.32 Å². The number of hydrogen-bond donors (Lipinski definition) is 1. The van der Waals surface area contributed by atoms with Gasteiger partial charge in [0.2, 0.25) is 0 Å². The maximum atomic E-state index is 12.9. The number of hydrogen-bond acceptors (Lipinski definition) is 4. The Morgan fingerprint density at radius 3 is 2.47 bits per heavy atom.